The number of ether oxygens (including phenoxy) is 1. The zero-order valence-electron chi connectivity index (χ0n) is 11.6. The van der Waals surface area contributed by atoms with E-state index in [4.69, 9.17) is 10.5 Å². The van der Waals surface area contributed by atoms with Gasteiger partial charge in [-0.05, 0) is 39.0 Å². The molecule has 0 aromatic carbocycles. The van der Waals surface area contributed by atoms with Crippen molar-refractivity contribution in [1.29, 1.82) is 0 Å². The highest BCUT2D eigenvalue weighted by Gasteiger charge is 2.34. The third-order valence-corrected chi connectivity index (χ3v) is 4.25. The van der Waals surface area contributed by atoms with E-state index in [0.717, 1.165) is 32.1 Å². The minimum atomic E-state index is -0.113. The minimum absolute atomic E-state index is 0.0326. The lowest BCUT2D eigenvalue weighted by molar-refractivity contribution is -0.151. The van der Waals surface area contributed by atoms with Gasteiger partial charge < -0.3 is 15.4 Å². The number of amides is 1. The second-order valence-electron chi connectivity index (χ2n) is 5.62. The fourth-order valence-corrected chi connectivity index (χ4v) is 3.09. The number of carbonyl (C=O) groups excluding carboxylic acids is 2. The first-order chi connectivity index (χ1) is 9.11. The summed E-state index contributed by atoms with van der Waals surface area (Å²) in [4.78, 5) is 25.8. The average molecular weight is 268 g/mol. The van der Waals surface area contributed by atoms with Crippen LogP contribution in [0.4, 0.5) is 0 Å². The van der Waals surface area contributed by atoms with Crippen LogP contribution >= 0.6 is 0 Å². The van der Waals surface area contributed by atoms with Crippen molar-refractivity contribution in [2.75, 3.05) is 19.7 Å². The molecule has 2 unspecified atom stereocenters. The smallest absolute Gasteiger partial charge is 0.309 e. The molecule has 0 aromatic rings. The highest BCUT2D eigenvalue weighted by molar-refractivity contribution is 5.80. The number of hydrogen-bond donors (Lipinski definition) is 1. The third-order valence-electron chi connectivity index (χ3n) is 4.25. The van der Waals surface area contributed by atoms with Crippen LogP contribution < -0.4 is 5.73 Å². The monoisotopic (exact) mass is 268 g/mol. The molecule has 0 spiro atoms. The zero-order valence-corrected chi connectivity index (χ0v) is 11.6. The maximum atomic E-state index is 12.3. The van der Waals surface area contributed by atoms with Crippen molar-refractivity contribution < 1.29 is 14.3 Å². The predicted molar refractivity (Wildman–Crippen MR) is 71.3 cm³/mol. The molecule has 5 nitrogen and oxygen atoms in total. The molecule has 0 radical (unpaired) electrons. The fraction of sp³-hybridized carbons (Fsp3) is 0.857. The van der Waals surface area contributed by atoms with Crippen molar-refractivity contribution in [3.63, 3.8) is 0 Å². The van der Waals surface area contributed by atoms with Crippen molar-refractivity contribution in [2.45, 2.75) is 45.1 Å². The molecule has 19 heavy (non-hydrogen) atoms. The molecular weight excluding hydrogens is 244 g/mol. The number of nitrogens with zero attached hydrogens (tertiary/aromatic N) is 1. The summed E-state index contributed by atoms with van der Waals surface area (Å²) in [6.45, 7) is 3.60. The Morgan fingerprint density at radius 3 is 2.37 bits per heavy atom. The molecule has 2 N–H and O–H groups in total. The van der Waals surface area contributed by atoms with E-state index in [9.17, 15) is 9.59 Å². The molecule has 1 aliphatic carbocycles. The van der Waals surface area contributed by atoms with E-state index in [0.29, 0.717) is 19.7 Å². The van der Waals surface area contributed by atoms with Gasteiger partial charge in [-0.1, -0.05) is 0 Å². The quantitative estimate of drug-likeness (QED) is 0.772. The van der Waals surface area contributed by atoms with Gasteiger partial charge in [0.05, 0.1) is 12.5 Å². The van der Waals surface area contributed by atoms with Gasteiger partial charge in [-0.25, -0.2) is 0 Å². The first-order valence-corrected chi connectivity index (χ1v) is 7.32. The highest BCUT2D eigenvalue weighted by atomic mass is 16.5. The summed E-state index contributed by atoms with van der Waals surface area (Å²) < 4.78 is 5.03. The maximum absolute atomic E-state index is 12.3. The molecule has 2 rings (SSSR count). The van der Waals surface area contributed by atoms with Crippen molar-refractivity contribution in [1.82, 2.24) is 4.90 Å². The van der Waals surface area contributed by atoms with E-state index in [-0.39, 0.29) is 29.8 Å². The standard InChI is InChI=1S/C14H24N2O3/c1-2-19-14(18)10-5-7-16(8-6-10)13(17)11-3-4-12(15)9-11/h10-12H,2-9,15H2,1H3. The van der Waals surface area contributed by atoms with E-state index in [1.807, 2.05) is 11.8 Å². The highest BCUT2D eigenvalue weighted by Crippen LogP contribution is 2.28. The van der Waals surface area contributed by atoms with Gasteiger partial charge in [0.1, 0.15) is 0 Å². The van der Waals surface area contributed by atoms with Crippen LogP contribution in [0.25, 0.3) is 0 Å². The SMILES string of the molecule is CCOC(=O)C1CCN(C(=O)C2CCC(N)C2)CC1. The Kier molecular flexibility index (Phi) is 4.80. The van der Waals surface area contributed by atoms with Gasteiger partial charge in [-0.15, -0.1) is 0 Å². The topological polar surface area (TPSA) is 72.6 Å². The van der Waals surface area contributed by atoms with Gasteiger partial charge >= 0.3 is 5.97 Å². The fourth-order valence-electron chi connectivity index (χ4n) is 3.09. The zero-order chi connectivity index (χ0) is 13.8. The second kappa shape index (κ2) is 6.37. The molecule has 0 bridgehead atoms. The number of nitrogens with two attached hydrogens (primary N) is 1. The summed E-state index contributed by atoms with van der Waals surface area (Å²) >= 11 is 0. The number of likely N-dealkylation sites (tertiary alicyclic amines) is 1. The lowest BCUT2D eigenvalue weighted by Gasteiger charge is -2.32. The first-order valence-electron chi connectivity index (χ1n) is 7.32. The van der Waals surface area contributed by atoms with Crippen molar-refractivity contribution in [2.24, 2.45) is 17.6 Å². The number of esters is 1. The molecule has 1 saturated carbocycles. The molecular formula is C14H24N2O3. The summed E-state index contributed by atoms with van der Waals surface area (Å²) in [7, 11) is 0. The predicted octanol–water partition coefficient (Wildman–Crippen LogP) is 0.915. The van der Waals surface area contributed by atoms with Crippen LogP contribution in [0, 0.1) is 11.8 Å². The van der Waals surface area contributed by atoms with Gasteiger partial charge in [0.15, 0.2) is 0 Å². The van der Waals surface area contributed by atoms with Crippen LogP contribution in [0.1, 0.15) is 39.0 Å². The van der Waals surface area contributed by atoms with Crippen molar-refractivity contribution in [3.8, 4) is 0 Å². The van der Waals surface area contributed by atoms with Crippen LogP contribution in [0.15, 0.2) is 0 Å². The average Bonchev–Trinajstić information content (AvgIpc) is 2.85. The van der Waals surface area contributed by atoms with Crippen LogP contribution in [-0.2, 0) is 14.3 Å². The first kappa shape index (κ1) is 14.3. The van der Waals surface area contributed by atoms with Crippen LogP contribution in [0.3, 0.4) is 0 Å². The molecule has 108 valence electrons. The Morgan fingerprint density at radius 1 is 1.16 bits per heavy atom. The molecule has 1 saturated heterocycles. The second-order valence-corrected chi connectivity index (χ2v) is 5.62. The number of rotatable bonds is 3. The van der Waals surface area contributed by atoms with Crippen molar-refractivity contribution >= 4 is 11.9 Å². The summed E-state index contributed by atoms with van der Waals surface area (Å²) in [5.41, 5.74) is 5.86. The Morgan fingerprint density at radius 2 is 1.84 bits per heavy atom. The molecule has 1 heterocycles. The van der Waals surface area contributed by atoms with Gasteiger partial charge in [0, 0.05) is 25.0 Å². The van der Waals surface area contributed by atoms with Crippen molar-refractivity contribution in [3.05, 3.63) is 0 Å². The van der Waals surface area contributed by atoms with E-state index >= 15 is 0 Å². The summed E-state index contributed by atoms with van der Waals surface area (Å²) in [6, 6.07) is 0.186. The normalized spacial score (nSPS) is 28.4. The minimum Gasteiger partial charge on any atom is -0.466 e. The van der Waals surface area contributed by atoms with Gasteiger partial charge in [-0.2, -0.15) is 0 Å². The van der Waals surface area contributed by atoms with E-state index in [1.54, 1.807) is 0 Å². The van der Waals surface area contributed by atoms with Gasteiger partial charge in [0.2, 0.25) is 5.91 Å². The Balaban J connectivity index is 1.79. The van der Waals surface area contributed by atoms with E-state index in [1.165, 1.54) is 0 Å². The molecule has 2 atom stereocenters. The number of carbonyl (C=O) groups is 2. The summed E-state index contributed by atoms with van der Waals surface area (Å²) in [6.07, 6.45) is 4.14. The van der Waals surface area contributed by atoms with E-state index in [2.05, 4.69) is 0 Å². The van der Waals surface area contributed by atoms with E-state index < -0.39 is 0 Å². The summed E-state index contributed by atoms with van der Waals surface area (Å²) in [5, 5.41) is 0. The molecule has 0 aromatic heterocycles. The largest absolute Gasteiger partial charge is 0.466 e. The number of hydrogen-bond acceptors (Lipinski definition) is 4. The lowest BCUT2D eigenvalue weighted by atomic mass is 9.95. The Labute approximate surface area is 114 Å². The van der Waals surface area contributed by atoms with Gasteiger partial charge in [-0.3, -0.25) is 9.59 Å². The van der Waals surface area contributed by atoms with Gasteiger partial charge in [0.25, 0.3) is 0 Å². The number of piperidine rings is 1. The molecule has 5 heteroatoms. The molecule has 2 aliphatic rings. The Bertz CT molecular complexity index is 338. The molecule has 1 amide bonds. The molecule has 2 fully saturated rings. The molecule has 1 aliphatic heterocycles. The Hall–Kier alpha value is -1.10. The maximum Gasteiger partial charge on any atom is 0.309 e. The third kappa shape index (κ3) is 3.47. The van der Waals surface area contributed by atoms with Crippen LogP contribution in [-0.4, -0.2) is 42.5 Å². The van der Waals surface area contributed by atoms with Crippen LogP contribution in [0.5, 0.6) is 0 Å². The van der Waals surface area contributed by atoms with Crippen LogP contribution in [0.2, 0.25) is 0 Å². The summed E-state index contributed by atoms with van der Waals surface area (Å²) in [5.74, 6) is 0.191. The lowest BCUT2D eigenvalue weighted by Crippen LogP contribution is -2.43.